The van der Waals surface area contributed by atoms with Gasteiger partial charge in [-0.15, -0.1) is 0 Å². The third-order valence-electron chi connectivity index (χ3n) is 7.22. The molecule has 0 saturated heterocycles. The molecule has 0 aliphatic heterocycles. The van der Waals surface area contributed by atoms with E-state index < -0.39 is 103 Å². The van der Waals surface area contributed by atoms with E-state index in [1.165, 1.54) is 13.8 Å². The van der Waals surface area contributed by atoms with Crippen LogP contribution in [0.3, 0.4) is 0 Å². The Bertz CT molecular complexity index is 1680. The van der Waals surface area contributed by atoms with Gasteiger partial charge in [-0.3, -0.25) is 43.8 Å². The number of nitrogens with one attached hydrogen (secondary N) is 5. The molecule has 0 heterocycles. The lowest BCUT2D eigenvalue weighted by Crippen LogP contribution is -2.60. The number of hydrogen-bond donors (Lipinski definition) is 8. The maximum Gasteiger partial charge on any atom is 0.408 e. The maximum absolute atomic E-state index is 13.4. The lowest BCUT2D eigenvalue weighted by atomic mass is 10.0. The maximum atomic E-state index is 13.4. The second-order valence-electron chi connectivity index (χ2n) is 11.9. The first-order chi connectivity index (χ1) is 25.5. The first-order valence-corrected chi connectivity index (χ1v) is 16.4. The van der Waals surface area contributed by atoms with Crippen LogP contribution in [-0.4, -0.2) is 98.5 Å². The van der Waals surface area contributed by atoms with E-state index in [9.17, 15) is 58.5 Å². The van der Waals surface area contributed by atoms with Crippen LogP contribution in [-0.2, 0) is 56.2 Å². The fraction of sp³-hybridized carbons (Fsp3) is 0.343. The number of hydrazine groups is 1. The molecule has 2 aromatic carbocycles. The molecule has 2 aromatic rings. The number of amides is 6. The van der Waals surface area contributed by atoms with Gasteiger partial charge in [-0.05, 0) is 23.5 Å². The number of hydrogen-bond acceptors (Lipinski definition) is 10. The predicted octanol–water partition coefficient (Wildman–Crippen LogP) is 0.0635. The highest BCUT2D eigenvalue weighted by molar-refractivity contribution is 5.99. The smallest absolute Gasteiger partial charge is 0.408 e. The summed E-state index contributed by atoms with van der Waals surface area (Å²) in [5.74, 6) is -10.4. The zero-order valence-corrected chi connectivity index (χ0v) is 29.4. The van der Waals surface area contributed by atoms with Crippen molar-refractivity contribution in [3.8, 4) is 0 Å². The quantitative estimate of drug-likeness (QED) is 0.0657. The fourth-order valence-electron chi connectivity index (χ4n) is 4.48. The van der Waals surface area contributed by atoms with Crippen molar-refractivity contribution < 1.29 is 63.2 Å². The topological polar surface area (TPSA) is 287 Å². The lowest BCUT2D eigenvalue weighted by Gasteiger charge is -2.28. The van der Waals surface area contributed by atoms with E-state index in [1.54, 1.807) is 60.7 Å². The Hall–Kier alpha value is -6.79. The molecular formula is C35H42N6O13. The van der Waals surface area contributed by atoms with Gasteiger partial charge in [0.2, 0.25) is 17.7 Å². The Morgan fingerprint density at radius 1 is 0.704 bits per heavy atom. The number of carbonyl (C=O) groups excluding carboxylic acids is 6. The van der Waals surface area contributed by atoms with Crippen LogP contribution in [0.1, 0.15) is 44.2 Å². The summed E-state index contributed by atoms with van der Waals surface area (Å²) in [4.78, 5) is 112. The molecule has 0 aromatic heterocycles. The standard InChI is InChI=1S/C35H42N6O13/c1-21(2)31(34(52)40-41(19-30(48)49)27(43)15-14-26(42)36-18-22-9-5-3-6-10-22)39-32(50)24(13-16-28(44)45)37-33(51)25(17-29(46)47)38-35(53)54-20-23-11-7-4-8-12-23/h3-12,14-15,21,24-25,31H,13,16-20H2,1-2H3,(H,36,42)(H,37,51)(H,38,53)(H,39,50)(H,40,52)(H,44,45)(H,46,47)(H,48,49)/b15-14+/t24-,25-,31-/m0/s1. The first-order valence-electron chi connectivity index (χ1n) is 16.4. The second-order valence-corrected chi connectivity index (χ2v) is 11.9. The predicted molar refractivity (Wildman–Crippen MR) is 186 cm³/mol. The normalized spacial score (nSPS) is 12.4. The molecule has 6 amide bonds. The van der Waals surface area contributed by atoms with Gasteiger partial charge in [-0.1, -0.05) is 74.5 Å². The van der Waals surface area contributed by atoms with Gasteiger partial charge in [0.05, 0.1) is 6.42 Å². The van der Waals surface area contributed by atoms with E-state index in [-0.39, 0.29) is 13.2 Å². The molecule has 290 valence electrons. The summed E-state index contributed by atoms with van der Waals surface area (Å²) in [6.45, 7) is 1.82. The number of nitrogens with zero attached hydrogens (tertiary/aromatic N) is 1. The van der Waals surface area contributed by atoms with Gasteiger partial charge in [0.15, 0.2) is 0 Å². The van der Waals surface area contributed by atoms with Crippen LogP contribution in [0.2, 0.25) is 0 Å². The van der Waals surface area contributed by atoms with E-state index in [2.05, 4.69) is 26.7 Å². The summed E-state index contributed by atoms with van der Waals surface area (Å²) in [6, 6.07) is 12.3. The van der Waals surface area contributed by atoms with Crippen molar-refractivity contribution in [2.45, 2.75) is 64.4 Å². The van der Waals surface area contributed by atoms with Crippen molar-refractivity contribution in [1.82, 2.24) is 31.7 Å². The number of benzene rings is 2. The van der Waals surface area contributed by atoms with E-state index in [0.29, 0.717) is 10.6 Å². The molecule has 0 aliphatic rings. The second kappa shape index (κ2) is 22.2. The van der Waals surface area contributed by atoms with Crippen molar-refractivity contribution in [1.29, 1.82) is 0 Å². The van der Waals surface area contributed by atoms with Crippen LogP contribution < -0.4 is 26.7 Å². The van der Waals surface area contributed by atoms with Crippen LogP contribution >= 0.6 is 0 Å². The molecule has 0 fully saturated rings. The highest BCUT2D eigenvalue weighted by Crippen LogP contribution is 2.08. The zero-order valence-electron chi connectivity index (χ0n) is 29.4. The van der Waals surface area contributed by atoms with Crippen LogP contribution in [0.15, 0.2) is 72.8 Å². The van der Waals surface area contributed by atoms with E-state index in [1.807, 2.05) is 0 Å². The Morgan fingerprint density at radius 3 is 1.85 bits per heavy atom. The minimum Gasteiger partial charge on any atom is -0.481 e. The van der Waals surface area contributed by atoms with Crippen LogP contribution in [0, 0.1) is 5.92 Å². The number of aliphatic carboxylic acids is 3. The summed E-state index contributed by atoms with van der Waals surface area (Å²) in [5, 5.41) is 37.5. The SMILES string of the molecule is CC(C)[C@H](NC(=O)[C@H](CCC(=O)O)NC(=O)[C@H](CC(=O)O)NC(=O)OCc1ccccc1)C(=O)NN(CC(=O)O)C(=O)/C=C/C(=O)NCc1ccccc1. The Labute approximate surface area is 309 Å². The van der Waals surface area contributed by atoms with Gasteiger partial charge in [0.1, 0.15) is 31.3 Å². The number of ether oxygens (including phenoxy) is 1. The molecule has 0 aliphatic carbocycles. The first kappa shape index (κ1) is 43.4. The Morgan fingerprint density at radius 2 is 1.30 bits per heavy atom. The van der Waals surface area contributed by atoms with Crippen LogP contribution in [0.4, 0.5) is 4.79 Å². The Kier molecular flexibility index (Phi) is 17.8. The van der Waals surface area contributed by atoms with Crippen molar-refractivity contribution in [2.24, 2.45) is 5.92 Å². The number of rotatable bonds is 20. The average molecular weight is 755 g/mol. The molecular weight excluding hydrogens is 712 g/mol. The lowest BCUT2D eigenvalue weighted by molar-refractivity contribution is -0.148. The van der Waals surface area contributed by atoms with Crippen molar-refractivity contribution in [2.75, 3.05) is 6.54 Å². The van der Waals surface area contributed by atoms with Gasteiger partial charge in [0.25, 0.3) is 11.8 Å². The van der Waals surface area contributed by atoms with Crippen molar-refractivity contribution in [3.05, 3.63) is 83.9 Å². The van der Waals surface area contributed by atoms with E-state index in [0.717, 1.165) is 17.7 Å². The van der Waals surface area contributed by atoms with Crippen LogP contribution in [0.25, 0.3) is 0 Å². The van der Waals surface area contributed by atoms with Gasteiger partial charge in [-0.2, -0.15) is 0 Å². The van der Waals surface area contributed by atoms with Gasteiger partial charge < -0.3 is 41.3 Å². The van der Waals surface area contributed by atoms with Crippen LogP contribution in [0.5, 0.6) is 0 Å². The number of alkyl carbamates (subject to hydrolysis) is 1. The summed E-state index contributed by atoms with van der Waals surface area (Å²) in [7, 11) is 0. The minimum absolute atomic E-state index is 0.134. The molecule has 8 N–H and O–H groups in total. The number of carboxylic acid groups (broad SMARTS) is 3. The molecule has 2 rings (SSSR count). The van der Waals surface area contributed by atoms with Crippen molar-refractivity contribution >= 4 is 53.5 Å². The third kappa shape index (κ3) is 16.5. The fourth-order valence-corrected chi connectivity index (χ4v) is 4.48. The molecule has 0 saturated carbocycles. The molecule has 0 unspecified atom stereocenters. The Balaban J connectivity index is 2.16. The van der Waals surface area contributed by atoms with Gasteiger partial charge >= 0.3 is 24.0 Å². The molecule has 19 heteroatoms. The monoisotopic (exact) mass is 754 g/mol. The summed E-state index contributed by atoms with van der Waals surface area (Å²) >= 11 is 0. The zero-order chi connectivity index (χ0) is 40.2. The van der Waals surface area contributed by atoms with E-state index in [4.69, 9.17) is 4.74 Å². The van der Waals surface area contributed by atoms with Gasteiger partial charge in [0, 0.05) is 25.1 Å². The molecule has 3 atom stereocenters. The highest BCUT2D eigenvalue weighted by Gasteiger charge is 2.33. The van der Waals surface area contributed by atoms with Gasteiger partial charge in [-0.25, -0.2) is 9.80 Å². The summed E-state index contributed by atoms with van der Waals surface area (Å²) < 4.78 is 5.04. The molecule has 0 bridgehead atoms. The highest BCUT2D eigenvalue weighted by atomic mass is 16.5. The molecule has 0 spiro atoms. The molecule has 19 nitrogen and oxygen atoms in total. The summed E-state index contributed by atoms with van der Waals surface area (Å²) in [6.07, 6.45) is -1.76. The third-order valence-corrected chi connectivity index (χ3v) is 7.22. The largest absolute Gasteiger partial charge is 0.481 e. The number of carbonyl (C=O) groups is 9. The number of carboxylic acids is 3. The average Bonchev–Trinajstić information content (AvgIpc) is 3.12. The molecule has 54 heavy (non-hydrogen) atoms. The summed E-state index contributed by atoms with van der Waals surface area (Å²) in [5.41, 5.74) is 3.45. The molecule has 0 radical (unpaired) electrons. The minimum atomic E-state index is -1.78. The van der Waals surface area contributed by atoms with E-state index >= 15 is 0 Å². The van der Waals surface area contributed by atoms with Crippen molar-refractivity contribution in [3.63, 3.8) is 0 Å².